The van der Waals surface area contributed by atoms with E-state index in [1.807, 2.05) is 0 Å². The van der Waals surface area contributed by atoms with E-state index in [4.69, 9.17) is 30.2 Å². The highest BCUT2D eigenvalue weighted by molar-refractivity contribution is 6.32. The average molecular weight is 513 g/mol. The van der Waals surface area contributed by atoms with Gasteiger partial charge >= 0.3 is 0 Å². The number of amides is 1. The van der Waals surface area contributed by atoms with E-state index in [0.717, 1.165) is 6.07 Å². The third-order valence-electron chi connectivity index (χ3n) is 4.81. The largest absolute Gasteiger partial charge is 0.493 e. The van der Waals surface area contributed by atoms with Gasteiger partial charge in [0.2, 0.25) is 0 Å². The Bertz CT molecular complexity index is 1420. The van der Waals surface area contributed by atoms with Crippen LogP contribution in [0.3, 0.4) is 0 Å². The number of halogens is 2. The van der Waals surface area contributed by atoms with Crippen molar-refractivity contribution >= 4 is 28.9 Å². The molecule has 36 heavy (non-hydrogen) atoms. The molecule has 1 heterocycles. The summed E-state index contributed by atoms with van der Waals surface area (Å²) < 4.78 is 35.2. The van der Waals surface area contributed by atoms with Gasteiger partial charge in [0.1, 0.15) is 29.7 Å². The van der Waals surface area contributed by atoms with Crippen LogP contribution in [0.4, 0.5) is 15.8 Å². The molecule has 1 amide bonds. The molecule has 0 saturated heterocycles. The van der Waals surface area contributed by atoms with E-state index in [9.17, 15) is 19.3 Å². The lowest BCUT2D eigenvalue weighted by Gasteiger charge is -2.11. The molecule has 3 aromatic carbocycles. The van der Waals surface area contributed by atoms with Gasteiger partial charge in [-0.25, -0.2) is 4.39 Å². The molecule has 0 spiro atoms. The molecule has 4 rings (SSSR count). The number of nitro groups is 1. The van der Waals surface area contributed by atoms with Gasteiger partial charge in [-0.15, -0.1) is 0 Å². The smallest absolute Gasteiger partial charge is 0.291 e. The first-order valence-corrected chi connectivity index (χ1v) is 10.8. The van der Waals surface area contributed by atoms with Gasteiger partial charge in [-0.1, -0.05) is 23.7 Å². The first-order valence-electron chi connectivity index (χ1n) is 10.4. The Balaban J connectivity index is 1.48. The number of hydrogen-bond acceptors (Lipinski definition) is 7. The molecular weight excluding hydrogens is 495 g/mol. The number of nitrogens with one attached hydrogen (secondary N) is 1. The Morgan fingerprint density at radius 1 is 1.06 bits per heavy atom. The van der Waals surface area contributed by atoms with Crippen molar-refractivity contribution in [1.29, 1.82) is 0 Å². The SMILES string of the molecule is COc1ccccc1Oc1cc(NC(=O)c2ccc(COc3ccc(F)cc3Cl)o2)cc([N+](=O)[O-])c1. The summed E-state index contributed by atoms with van der Waals surface area (Å²) in [5, 5.41) is 14.1. The number of furan rings is 1. The number of methoxy groups -OCH3 is 1. The van der Waals surface area contributed by atoms with Crippen LogP contribution < -0.4 is 19.5 Å². The van der Waals surface area contributed by atoms with Gasteiger partial charge in [-0.2, -0.15) is 0 Å². The molecule has 0 bridgehead atoms. The van der Waals surface area contributed by atoms with Crippen molar-refractivity contribution in [1.82, 2.24) is 0 Å². The van der Waals surface area contributed by atoms with Crippen LogP contribution in [0.1, 0.15) is 16.3 Å². The summed E-state index contributed by atoms with van der Waals surface area (Å²) in [6, 6.07) is 17.3. The van der Waals surface area contributed by atoms with Gasteiger partial charge in [0.25, 0.3) is 11.6 Å². The van der Waals surface area contributed by atoms with Crippen molar-refractivity contribution in [2.45, 2.75) is 6.61 Å². The zero-order valence-electron chi connectivity index (χ0n) is 18.7. The van der Waals surface area contributed by atoms with E-state index in [1.165, 1.54) is 49.6 Å². The maximum absolute atomic E-state index is 13.2. The van der Waals surface area contributed by atoms with E-state index in [0.29, 0.717) is 17.3 Å². The minimum atomic E-state index is -0.648. The van der Waals surface area contributed by atoms with E-state index >= 15 is 0 Å². The van der Waals surface area contributed by atoms with Gasteiger partial charge in [-0.3, -0.25) is 14.9 Å². The second-order valence-corrected chi connectivity index (χ2v) is 7.72. The minimum absolute atomic E-state index is 0.0579. The molecule has 9 nitrogen and oxygen atoms in total. The first-order chi connectivity index (χ1) is 17.3. The molecule has 184 valence electrons. The average Bonchev–Trinajstić information content (AvgIpc) is 3.33. The Hall–Kier alpha value is -4.57. The van der Waals surface area contributed by atoms with Crippen molar-refractivity contribution in [3.63, 3.8) is 0 Å². The number of nitro benzene ring substituents is 1. The highest BCUT2D eigenvalue weighted by Crippen LogP contribution is 2.34. The number of rotatable bonds is 9. The Morgan fingerprint density at radius 2 is 1.83 bits per heavy atom. The monoisotopic (exact) mass is 512 g/mol. The fourth-order valence-corrected chi connectivity index (χ4v) is 3.38. The summed E-state index contributed by atoms with van der Waals surface area (Å²) in [4.78, 5) is 23.5. The molecular formula is C25H18ClFN2O7. The molecule has 4 aromatic rings. The molecule has 0 unspecified atom stereocenters. The van der Waals surface area contributed by atoms with E-state index in [1.54, 1.807) is 24.3 Å². The standard InChI is InChI=1S/C25H18ClFN2O7/c1-33-22-4-2-3-5-23(22)36-19-12-16(11-17(13-19)29(31)32)28-25(30)24-9-7-18(35-24)14-34-21-8-6-15(27)10-20(21)26/h2-13H,14H2,1H3,(H,28,30). The molecule has 0 aliphatic heterocycles. The fraction of sp³-hybridized carbons (Fsp3) is 0.0800. The molecule has 0 atom stereocenters. The van der Waals surface area contributed by atoms with Crippen molar-refractivity contribution in [2.24, 2.45) is 0 Å². The predicted octanol–water partition coefficient (Wildman–Crippen LogP) is 6.61. The van der Waals surface area contributed by atoms with E-state index in [-0.39, 0.29) is 40.3 Å². The van der Waals surface area contributed by atoms with Crippen molar-refractivity contribution in [3.8, 4) is 23.0 Å². The Labute approximate surface area is 209 Å². The second-order valence-electron chi connectivity index (χ2n) is 7.31. The zero-order chi connectivity index (χ0) is 25.7. The predicted molar refractivity (Wildman–Crippen MR) is 129 cm³/mol. The minimum Gasteiger partial charge on any atom is -0.493 e. The Kier molecular flexibility index (Phi) is 7.36. The summed E-state index contributed by atoms with van der Waals surface area (Å²) in [6.07, 6.45) is 0. The Morgan fingerprint density at radius 3 is 2.56 bits per heavy atom. The molecule has 0 radical (unpaired) electrons. The molecule has 0 aliphatic rings. The summed E-state index contributed by atoms with van der Waals surface area (Å²) in [7, 11) is 1.47. The van der Waals surface area contributed by atoms with Crippen LogP contribution in [0.2, 0.25) is 5.02 Å². The topological polar surface area (TPSA) is 113 Å². The number of ether oxygens (including phenoxy) is 3. The highest BCUT2D eigenvalue weighted by atomic mass is 35.5. The van der Waals surface area contributed by atoms with Crippen LogP contribution in [0.15, 0.2) is 77.2 Å². The van der Waals surface area contributed by atoms with Gasteiger partial charge < -0.3 is 23.9 Å². The third-order valence-corrected chi connectivity index (χ3v) is 5.10. The van der Waals surface area contributed by atoms with E-state index < -0.39 is 16.6 Å². The lowest BCUT2D eigenvalue weighted by molar-refractivity contribution is -0.384. The normalized spacial score (nSPS) is 10.5. The first kappa shape index (κ1) is 24.6. The van der Waals surface area contributed by atoms with Crippen LogP contribution in [0.25, 0.3) is 0 Å². The fourth-order valence-electron chi connectivity index (χ4n) is 3.16. The quantitative estimate of drug-likeness (QED) is 0.198. The molecule has 0 aliphatic carbocycles. The van der Waals surface area contributed by atoms with Crippen LogP contribution in [0.5, 0.6) is 23.0 Å². The second kappa shape index (κ2) is 10.8. The van der Waals surface area contributed by atoms with Crippen LogP contribution in [-0.2, 0) is 6.61 Å². The number of nitrogens with zero attached hydrogens (tertiary/aromatic N) is 1. The number of benzene rings is 3. The lowest BCUT2D eigenvalue weighted by Crippen LogP contribution is -2.11. The number of carbonyl (C=O) groups excluding carboxylic acids is 1. The number of anilines is 1. The molecule has 1 N–H and O–H groups in total. The summed E-state index contributed by atoms with van der Waals surface area (Å²) in [5.41, 5.74) is -0.172. The van der Waals surface area contributed by atoms with E-state index in [2.05, 4.69) is 5.32 Å². The maximum Gasteiger partial charge on any atom is 0.291 e. The van der Waals surface area contributed by atoms with Crippen LogP contribution in [-0.4, -0.2) is 17.9 Å². The van der Waals surface area contributed by atoms with Crippen molar-refractivity contribution in [2.75, 3.05) is 12.4 Å². The number of non-ortho nitro benzene ring substituents is 1. The lowest BCUT2D eigenvalue weighted by atomic mass is 10.2. The maximum atomic E-state index is 13.2. The summed E-state index contributed by atoms with van der Waals surface area (Å²) >= 11 is 5.93. The number of carbonyl (C=O) groups is 1. The number of para-hydroxylation sites is 2. The van der Waals surface area contributed by atoms with Gasteiger partial charge in [0, 0.05) is 12.1 Å². The summed E-state index contributed by atoms with van der Waals surface area (Å²) in [5.74, 6) is 0.244. The van der Waals surface area contributed by atoms with Gasteiger partial charge in [0.05, 0.1) is 28.8 Å². The number of hydrogen-bond donors (Lipinski definition) is 1. The summed E-state index contributed by atoms with van der Waals surface area (Å²) in [6.45, 7) is -0.0632. The zero-order valence-corrected chi connectivity index (χ0v) is 19.5. The molecule has 0 fully saturated rings. The molecule has 11 heteroatoms. The highest BCUT2D eigenvalue weighted by Gasteiger charge is 2.17. The van der Waals surface area contributed by atoms with Crippen LogP contribution in [0, 0.1) is 15.9 Å². The molecule has 0 saturated carbocycles. The van der Waals surface area contributed by atoms with Gasteiger partial charge in [-0.05, 0) is 42.5 Å². The van der Waals surface area contributed by atoms with Gasteiger partial charge in [0.15, 0.2) is 17.3 Å². The van der Waals surface area contributed by atoms with Crippen molar-refractivity contribution in [3.05, 3.63) is 105 Å². The van der Waals surface area contributed by atoms with Crippen molar-refractivity contribution < 1.29 is 32.7 Å². The third kappa shape index (κ3) is 5.91. The van der Waals surface area contributed by atoms with Crippen LogP contribution >= 0.6 is 11.6 Å². The molecule has 1 aromatic heterocycles.